The van der Waals surface area contributed by atoms with Crippen molar-refractivity contribution in [2.75, 3.05) is 0 Å². The number of rotatable bonds is 5. The Bertz CT molecular complexity index is 571. The van der Waals surface area contributed by atoms with Gasteiger partial charge >= 0.3 is 5.97 Å². The number of carboxylic acid groups (broad SMARTS) is 1. The van der Waals surface area contributed by atoms with Crippen molar-refractivity contribution < 1.29 is 14.3 Å². The number of carboxylic acids is 1. The molecular weight excluding hydrogens is 265 g/mol. The molecule has 0 aliphatic heterocycles. The van der Waals surface area contributed by atoms with Crippen LogP contribution in [0.2, 0.25) is 0 Å². The lowest BCUT2D eigenvalue weighted by Gasteiger charge is -2.26. The fraction of sp³-hybridized carbons (Fsp3) is 0.214. The van der Waals surface area contributed by atoms with E-state index in [-0.39, 0.29) is 0 Å². The molecule has 1 unspecified atom stereocenters. The molecule has 1 aromatic heterocycles. The number of hydrogen-bond donors (Lipinski definition) is 2. The molecule has 0 aliphatic carbocycles. The number of thiophene rings is 1. The van der Waals surface area contributed by atoms with E-state index in [1.54, 1.807) is 17.4 Å². The maximum absolute atomic E-state index is 13.3. The van der Waals surface area contributed by atoms with E-state index in [1.807, 2.05) is 17.5 Å². The lowest BCUT2D eigenvalue weighted by molar-refractivity contribution is -0.144. The maximum atomic E-state index is 13.3. The van der Waals surface area contributed by atoms with Gasteiger partial charge in [-0.3, -0.25) is 5.32 Å². The van der Waals surface area contributed by atoms with E-state index in [4.69, 9.17) is 0 Å². The predicted molar refractivity (Wildman–Crippen MR) is 72.5 cm³/mol. The Labute approximate surface area is 114 Å². The van der Waals surface area contributed by atoms with Crippen LogP contribution in [0, 0.1) is 5.82 Å². The molecular formula is C14H14FNO2S. The number of hydrogen-bond acceptors (Lipinski definition) is 3. The van der Waals surface area contributed by atoms with Crippen LogP contribution in [-0.4, -0.2) is 11.1 Å². The molecule has 0 radical (unpaired) electrons. The number of halogens is 1. The van der Waals surface area contributed by atoms with Crippen molar-refractivity contribution in [2.24, 2.45) is 0 Å². The highest BCUT2D eigenvalue weighted by molar-refractivity contribution is 7.09. The zero-order chi connectivity index (χ0) is 13.9. The maximum Gasteiger partial charge on any atom is 0.328 e. The fourth-order valence-corrected chi connectivity index (χ4v) is 2.42. The molecule has 1 aromatic carbocycles. The van der Waals surface area contributed by atoms with Gasteiger partial charge in [-0.05, 0) is 36.1 Å². The van der Waals surface area contributed by atoms with Gasteiger partial charge < -0.3 is 5.11 Å². The minimum Gasteiger partial charge on any atom is -0.480 e. The molecule has 3 nitrogen and oxygen atoms in total. The average Bonchev–Trinajstić information content (AvgIpc) is 2.88. The van der Waals surface area contributed by atoms with Gasteiger partial charge in [-0.1, -0.05) is 18.2 Å². The Morgan fingerprint density at radius 1 is 1.42 bits per heavy atom. The summed E-state index contributed by atoms with van der Waals surface area (Å²) < 4.78 is 13.3. The van der Waals surface area contributed by atoms with Crippen molar-refractivity contribution in [2.45, 2.75) is 19.0 Å². The first kappa shape index (κ1) is 13.7. The van der Waals surface area contributed by atoms with Crippen molar-refractivity contribution in [1.82, 2.24) is 5.32 Å². The van der Waals surface area contributed by atoms with E-state index in [0.717, 1.165) is 4.88 Å². The van der Waals surface area contributed by atoms with E-state index in [1.165, 1.54) is 25.1 Å². The van der Waals surface area contributed by atoms with Gasteiger partial charge in [-0.15, -0.1) is 11.3 Å². The van der Waals surface area contributed by atoms with Gasteiger partial charge in [-0.25, -0.2) is 9.18 Å². The molecule has 1 atom stereocenters. The van der Waals surface area contributed by atoms with Crippen LogP contribution in [0.1, 0.15) is 17.4 Å². The standard InChI is InChI=1S/C14H14FNO2S/c1-14(13(17)18,10-4-2-5-11(15)8-10)16-9-12-6-3-7-19-12/h2-8,16H,9H2,1H3,(H,17,18). The Balaban J connectivity index is 2.24. The van der Waals surface area contributed by atoms with E-state index >= 15 is 0 Å². The van der Waals surface area contributed by atoms with Crippen molar-refractivity contribution in [3.8, 4) is 0 Å². The highest BCUT2D eigenvalue weighted by Crippen LogP contribution is 2.23. The molecule has 0 fully saturated rings. The lowest BCUT2D eigenvalue weighted by Crippen LogP contribution is -2.46. The monoisotopic (exact) mass is 279 g/mol. The first-order valence-corrected chi connectivity index (χ1v) is 6.67. The third-order valence-corrected chi connectivity index (χ3v) is 3.90. The van der Waals surface area contributed by atoms with Crippen LogP contribution in [0.3, 0.4) is 0 Å². The lowest BCUT2D eigenvalue weighted by atomic mass is 9.92. The third kappa shape index (κ3) is 3.00. The number of aliphatic carboxylic acids is 1. The summed E-state index contributed by atoms with van der Waals surface area (Å²) in [4.78, 5) is 12.5. The molecule has 0 spiro atoms. The van der Waals surface area contributed by atoms with Crippen LogP contribution in [0.4, 0.5) is 4.39 Å². The van der Waals surface area contributed by atoms with Crippen LogP contribution in [0.25, 0.3) is 0 Å². The number of nitrogens with one attached hydrogen (secondary N) is 1. The summed E-state index contributed by atoms with van der Waals surface area (Å²) in [6.45, 7) is 1.97. The molecule has 5 heteroatoms. The summed E-state index contributed by atoms with van der Waals surface area (Å²) in [7, 11) is 0. The minimum atomic E-state index is -1.31. The zero-order valence-corrected chi connectivity index (χ0v) is 11.2. The van der Waals surface area contributed by atoms with Crippen LogP contribution < -0.4 is 5.32 Å². The molecule has 2 aromatic rings. The van der Waals surface area contributed by atoms with Crippen molar-refractivity contribution >= 4 is 17.3 Å². The quantitative estimate of drug-likeness (QED) is 0.884. The van der Waals surface area contributed by atoms with Gasteiger partial charge in [-0.2, -0.15) is 0 Å². The fourth-order valence-electron chi connectivity index (χ4n) is 1.78. The molecule has 0 saturated carbocycles. The third-order valence-electron chi connectivity index (χ3n) is 3.03. The van der Waals surface area contributed by atoms with Gasteiger partial charge in [0.15, 0.2) is 0 Å². The van der Waals surface area contributed by atoms with Gasteiger partial charge in [0.25, 0.3) is 0 Å². The second kappa shape index (κ2) is 5.50. The minimum absolute atomic E-state index is 0.400. The highest BCUT2D eigenvalue weighted by atomic mass is 32.1. The molecule has 2 N–H and O–H groups in total. The van der Waals surface area contributed by atoms with E-state index in [9.17, 15) is 14.3 Å². The molecule has 0 amide bonds. The molecule has 0 saturated heterocycles. The summed E-state index contributed by atoms with van der Waals surface area (Å²) in [5, 5.41) is 14.3. The van der Waals surface area contributed by atoms with E-state index < -0.39 is 17.3 Å². The second-order valence-electron chi connectivity index (χ2n) is 4.37. The largest absolute Gasteiger partial charge is 0.480 e. The average molecular weight is 279 g/mol. The van der Waals surface area contributed by atoms with E-state index in [0.29, 0.717) is 12.1 Å². The number of benzene rings is 1. The SMILES string of the molecule is CC(NCc1cccs1)(C(=O)O)c1cccc(F)c1. The van der Waals surface area contributed by atoms with Crippen LogP contribution in [0.5, 0.6) is 0 Å². The molecule has 0 bridgehead atoms. The second-order valence-corrected chi connectivity index (χ2v) is 5.41. The van der Waals surface area contributed by atoms with Gasteiger partial charge in [0, 0.05) is 11.4 Å². The predicted octanol–water partition coefficient (Wildman–Crippen LogP) is 2.98. The molecule has 100 valence electrons. The topological polar surface area (TPSA) is 49.3 Å². The smallest absolute Gasteiger partial charge is 0.328 e. The molecule has 19 heavy (non-hydrogen) atoms. The van der Waals surface area contributed by atoms with Crippen LogP contribution >= 0.6 is 11.3 Å². The molecule has 0 aliphatic rings. The molecule has 2 rings (SSSR count). The van der Waals surface area contributed by atoms with Crippen molar-refractivity contribution in [3.05, 3.63) is 58.0 Å². The van der Waals surface area contributed by atoms with Gasteiger partial charge in [0.1, 0.15) is 11.4 Å². The van der Waals surface area contributed by atoms with Crippen LogP contribution in [0.15, 0.2) is 41.8 Å². The summed E-state index contributed by atoms with van der Waals surface area (Å²) in [5.74, 6) is -1.47. The Hall–Kier alpha value is -1.72. The summed E-state index contributed by atoms with van der Waals surface area (Å²) in [6, 6.07) is 9.49. The first-order chi connectivity index (χ1) is 9.02. The van der Waals surface area contributed by atoms with Crippen molar-refractivity contribution in [1.29, 1.82) is 0 Å². The highest BCUT2D eigenvalue weighted by Gasteiger charge is 2.34. The summed E-state index contributed by atoms with van der Waals surface area (Å²) in [6.07, 6.45) is 0. The number of carbonyl (C=O) groups is 1. The Morgan fingerprint density at radius 3 is 2.79 bits per heavy atom. The normalized spacial score (nSPS) is 14.0. The van der Waals surface area contributed by atoms with Crippen molar-refractivity contribution in [3.63, 3.8) is 0 Å². The van der Waals surface area contributed by atoms with Crippen LogP contribution in [-0.2, 0) is 16.9 Å². The summed E-state index contributed by atoms with van der Waals surface area (Å²) >= 11 is 1.54. The first-order valence-electron chi connectivity index (χ1n) is 5.79. The van der Waals surface area contributed by atoms with Gasteiger partial charge in [0.05, 0.1) is 0 Å². The molecule has 1 heterocycles. The summed E-state index contributed by atoms with van der Waals surface area (Å²) in [5.41, 5.74) is -0.914. The zero-order valence-electron chi connectivity index (χ0n) is 10.4. The van der Waals surface area contributed by atoms with E-state index in [2.05, 4.69) is 5.32 Å². The Kier molecular flexibility index (Phi) is 3.97. The van der Waals surface area contributed by atoms with Gasteiger partial charge in [0.2, 0.25) is 0 Å². The Morgan fingerprint density at radius 2 is 2.21 bits per heavy atom.